The van der Waals surface area contributed by atoms with Gasteiger partial charge in [0.15, 0.2) is 5.29 Å². The van der Waals surface area contributed by atoms with Gasteiger partial charge in [-0.15, -0.1) is 24.0 Å². The maximum absolute atomic E-state index is 5.59. The number of rotatable bonds is 0. The van der Waals surface area contributed by atoms with Gasteiger partial charge in [-0.05, 0) is 17.7 Å². The molecule has 1 aliphatic rings. The molecule has 9 heavy (non-hydrogen) atoms. The zero-order valence-corrected chi connectivity index (χ0v) is 8.13. The Hall–Kier alpha value is 0.230. The molecule has 1 heterocycles. The van der Waals surface area contributed by atoms with Crippen molar-refractivity contribution in [3.05, 3.63) is 12.3 Å². The second kappa shape index (κ2) is 4.11. The summed E-state index contributed by atoms with van der Waals surface area (Å²) in [6, 6.07) is 0. The van der Waals surface area contributed by atoms with Crippen LogP contribution in [0.5, 0.6) is 0 Å². The first-order chi connectivity index (χ1) is 3.80. The Morgan fingerprint density at radius 3 is 2.78 bits per heavy atom. The van der Waals surface area contributed by atoms with Gasteiger partial charge in [0.1, 0.15) is 0 Å². The summed E-state index contributed by atoms with van der Waals surface area (Å²) in [7, 11) is 1.90. The lowest BCUT2D eigenvalue weighted by molar-refractivity contribution is 0.567. The van der Waals surface area contributed by atoms with Gasteiger partial charge in [-0.2, -0.15) is 0 Å². The Kier molecular flexibility index (Phi) is 4.22. The highest BCUT2D eigenvalue weighted by Crippen LogP contribution is 1.99. The third kappa shape index (κ3) is 2.53. The molecule has 0 atom stereocenters. The molecule has 0 fully saturated rings. The normalized spacial score (nSPS) is 16.7. The van der Waals surface area contributed by atoms with Gasteiger partial charge in [0.2, 0.25) is 0 Å². The summed E-state index contributed by atoms with van der Waals surface area (Å²) in [4.78, 5) is 5.70. The van der Waals surface area contributed by atoms with Crippen molar-refractivity contribution in [1.29, 1.82) is 0 Å². The Morgan fingerprint density at radius 1 is 1.78 bits per heavy atom. The van der Waals surface area contributed by atoms with E-state index in [2.05, 4.69) is 4.99 Å². The third-order valence-corrected chi connectivity index (χ3v) is 1.37. The average molecular weight is 258 g/mol. The standard InChI is InChI=1S/C5H7ClN2.HI/c1-8-4-2-3-7-5(8)6;/h2-3H,4H2,1H3;1H. The van der Waals surface area contributed by atoms with Crippen LogP contribution in [0, 0.1) is 0 Å². The van der Waals surface area contributed by atoms with Gasteiger partial charge in [-0.3, -0.25) is 0 Å². The minimum Gasteiger partial charge on any atom is -0.346 e. The van der Waals surface area contributed by atoms with Crippen LogP contribution in [-0.4, -0.2) is 23.8 Å². The van der Waals surface area contributed by atoms with Gasteiger partial charge in [-0.25, -0.2) is 4.99 Å². The van der Waals surface area contributed by atoms with Crippen LogP contribution in [-0.2, 0) is 0 Å². The molecule has 0 bridgehead atoms. The maximum atomic E-state index is 5.59. The maximum Gasteiger partial charge on any atom is 0.198 e. The van der Waals surface area contributed by atoms with Gasteiger partial charge in [-0.1, -0.05) is 0 Å². The molecule has 1 rings (SSSR count). The molecule has 0 N–H and O–H groups in total. The van der Waals surface area contributed by atoms with Crippen LogP contribution in [0.1, 0.15) is 0 Å². The second-order valence-electron chi connectivity index (χ2n) is 1.66. The largest absolute Gasteiger partial charge is 0.346 e. The minimum absolute atomic E-state index is 0. The lowest BCUT2D eigenvalue weighted by Crippen LogP contribution is -2.23. The highest BCUT2D eigenvalue weighted by molar-refractivity contribution is 14.0. The van der Waals surface area contributed by atoms with Crippen LogP contribution in [0.2, 0.25) is 0 Å². The summed E-state index contributed by atoms with van der Waals surface area (Å²) in [6.45, 7) is 0.863. The fourth-order valence-electron chi connectivity index (χ4n) is 0.493. The monoisotopic (exact) mass is 258 g/mol. The van der Waals surface area contributed by atoms with Crippen LogP contribution in [0.4, 0.5) is 0 Å². The molecule has 0 aromatic carbocycles. The van der Waals surface area contributed by atoms with Gasteiger partial charge in [0, 0.05) is 19.8 Å². The fraction of sp³-hybridized carbons (Fsp3) is 0.400. The zero-order valence-electron chi connectivity index (χ0n) is 5.04. The first kappa shape index (κ1) is 9.23. The van der Waals surface area contributed by atoms with Crippen LogP contribution < -0.4 is 0 Å². The van der Waals surface area contributed by atoms with Crippen molar-refractivity contribution < 1.29 is 0 Å². The van der Waals surface area contributed by atoms with Crippen molar-refractivity contribution in [1.82, 2.24) is 4.90 Å². The molecule has 0 radical (unpaired) electrons. The first-order valence-corrected chi connectivity index (χ1v) is 2.78. The van der Waals surface area contributed by atoms with Crippen LogP contribution in [0.3, 0.4) is 0 Å². The van der Waals surface area contributed by atoms with Crippen molar-refractivity contribution >= 4 is 40.9 Å². The summed E-state index contributed by atoms with van der Waals surface area (Å²) >= 11 is 5.59. The quantitative estimate of drug-likeness (QED) is 0.477. The molecule has 0 unspecified atom stereocenters. The van der Waals surface area contributed by atoms with E-state index in [4.69, 9.17) is 11.6 Å². The van der Waals surface area contributed by atoms with E-state index in [0.717, 1.165) is 6.54 Å². The van der Waals surface area contributed by atoms with E-state index in [1.807, 2.05) is 18.0 Å². The molecule has 0 saturated carbocycles. The summed E-state index contributed by atoms with van der Waals surface area (Å²) < 4.78 is 0. The van der Waals surface area contributed by atoms with Gasteiger partial charge < -0.3 is 4.90 Å². The highest BCUT2D eigenvalue weighted by atomic mass is 127. The number of aliphatic imine (C=N–C) groups is 1. The van der Waals surface area contributed by atoms with E-state index in [1.54, 1.807) is 6.20 Å². The molecular weight excluding hydrogens is 250 g/mol. The lowest BCUT2D eigenvalue weighted by atomic mass is 10.5. The highest BCUT2D eigenvalue weighted by Gasteiger charge is 2.01. The van der Waals surface area contributed by atoms with Gasteiger partial charge >= 0.3 is 0 Å². The summed E-state index contributed by atoms with van der Waals surface area (Å²) in [5, 5.41) is 0.563. The smallest absolute Gasteiger partial charge is 0.198 e. The number of likely N-dealkylation sites (N-methyl/N-ethyl adjacent to an activating group) is 1. The molecular formula is C5H8ClIN2. The second-order valence-corrected chi connectivity index (χ2v) is 2.00. The van der Waals surface area contributed by atoms with Crippen molar-refractivity contribution in [3.8, 4) is 0 Å². The summed E-state index contributed by atoms with van der Waals surface area (Å²) in [5.74, 6) is 0. The van der Waals surface area contributed by atoms with Gasteiger partial charge in [0.05, 0.1) is 0 Å². The topological polar surface area (TPSA) is 15.6 Å². The van der Waals surface area contributed by atoms with E-state index in [1.165, 1.54) is 0 Å². The predicted octanol–water partition coefficient (Wildman–Crippen LogP) is 1.66. The Balaban J connectivity index is 0.000000640. The van der Waals surface area contributed by atoms with Crippen molar-refractivity contribution in [2.75, 3.05) is 13.6 Å². The molecule has 0 spiro atoms. The van der Waals surface area contributed by atoms with E-state index in [9.17, 15) is 0 Å². The predicted molar refractivity (Wildman–Crippen MR) is 50.5 cm³/mol. The average Bonchev–Trinajstić information content (AvgIpc) is 1.77. The molecule has 2 nitrogen and oxygen atoms in total. The zero-order chi connectivity index (χ0) is 5.98. The summed E-state index contributed by atoms with van der Waals surface area (Å²) in [6.07, 6.45) is 3.66. The third-order valence-electron chi connectivity index (χ3n) is 0.981. The molecule has 0 saturated heterocycles. The number of halogens is 2. The number of amidine groups is 1. The van der Waals surface area contributed by atoms with Crippen molar-refractivity contribution in [2.45, 2.75) is 0 Å². The van der Waals surface area contributed by atoms with Crippen LogP contribution in [0.15, 0.2) is 17.3 Å². The van der Waals surface area contributed by atoms with E-state index in [0.29, 0.717) is 5.29 Å². The lowest BCUT2D eigenvalue weighted by Gasteiger charge is -2.15. The Bertz CT molecular complexity index is 144. The number of nitrogens with zero attached hydrogens (tertiary/aromatic N) is 2. The number of hydrogen-bond acceptors (Lipinski definition) is 2. The molecule has 4 heteroatoms. The van der Waals surface area contributed by atoms with Gasteiger partial charge in [0.25, 0.3) is 0 Å². The molecule has 0 amide bonds. The molecule has 0 aromatic rings. The van der Waals surface area contributed by atoms with E-state index >= 15 is 0 Å². The minimum atomic E-state index is 0. The van der Waals surface area contributed by atoms with E-state index < -0.39 is 0 Å². The Labute approximate surface area is 76.6 Å². The number of hydrogen-bond donors (Lipinski definition) is 0. The summed E-state index contributed by atoms with van der Waals surface area (Å²) in [5.41, 5.74) is 0. The van der Waals surface area contributed by atoms with Crippen molar-refractivity contribution in [2.24, 2.45) is 4.99 Å². The molecule has 0 aliphatic carbocycles. The SMILES string of the molecule is CN1CC=CN=C1Cl.I. The first-order valence-electron chi connectivity index (χ1n) is 2.40. The molecule has 1 aliphatic heterocycles. The van der Waals surface area contributed by atoms with Crippen LogP contribution in [0.25, 0.3) is 0 Å². The fourth-order valence-corrected chi connectivity index (χ4v) is 0.619. The van der Waals surface area contributed by atoms with Crippen LogP contribution >= 0.6 is 35.6 Å². The molecule has 0 aromatic heterocycles. The molecule has 52 valence electrons. The Morgan fingerprint density at radius 2 is 2.44 bits per heavy atom. The van der Waals surface area contributed by atoms with Crippen molar-refractivity contribution in [3.63, 3.8) is 0 Å². The van der Waals surface area contributed by atoms with E-state index in [-0.39, 0.29) is 24.0 Å².